The van der Waals surface area contributed by atoms with Crippen molar-refractivity contribution in [2.45, 2.75) is 67.0 Å². The molecular weight excluding hydrogens is 464 g/mol. The predicted octanol–water partition coefficient (Wildman–Crippen LogP) is 4.44. The topological polar surface area (TPSA) is 111 Å². The summed E-state index contributed by atoms with van der Waals surface area (Å²) < 4.78 is 11.7. The van der Waals surface area contributed by atoms with Crippen molar-refractivity contribution in [1.29, 1.82) is 0 Å². The van der Waals surface area contributed by atoms with E-state index in [1.165, 1.54) is 31.0 Å². The van der Waals surface area contributed by atoms with E-state index >= 15 is 0 Å². The van der Waals surface area contributed by atoms with Crippen molar-refractivity contribution in [2.24, 2.45) is 16.5 Å². The summed E-state index contributed by atoms with van der Waals surface area (Å²) in [4.78, 5) is 16.4. The van der Waals surface area contributed by atoms with E-state index in [1.807, 2.05) is 26.0 Å². The van der Waals surface area contributed by atoms with Gasteiger partial charge >= 0.3 is 0 Å². The van der Waals surface area contributed by atoms with Gasteiger partial charge in [0, 0.05) is 19.3 Å². The van der Waals surface area contributed by atoms with E-state index in [0.29, 0.717) is 27.3 Å². The van der Waals surface area contributed by atoms with Gasteiger partial charge in [-0.05, 0) is 69.4 Å². The van der Waals surface area contributed by atoms with E-state index in [2.05, 4.69) is 19.9 Å². The van der Waals surface area contributed by atoms with Gasteiger partial charge < -0.3 is 10.6 Å². The Balaban J connectivity index is 1.42. The predicted molar refractivity (Wildman–Crippen MR) is 132 cm³/mol. The molecule has 2 aliphatic rings. The highest BCUT2D eigenvalue weighted by Gasteiger charge is 2.47. The molecule has 1 unspecified atom stereocenters. The average Bonchev–Trinajstić information content (AvgIpc) is 3.12. The Morgan fingerprint density at radius 2 is 2.06 bits per heavy atom. The second-order valence-electron chi connectivity index (χ2n) is 9.51. The highest BCUT2D eigenvalue weighted by molar-refractivity contribution is 7.99. The monoisotopic (exact) mass is 494 g/mol. The van der Waals surface area contributed by atoms with Crippen LogP contribution in [-0.4, -0.2) is 37.0 Å². The molecule has 1 aliphatic heterocycles. The quantitative estimate of drug-likeness (QED) is 0.571. The zero-order valence-corrected chi connectivity index (χ0v) is 21.0. The van der Waals surface area contributed by atoms with Crippen molar-refractivity contribution in [3.8, 4) is 0 Å². The number of nitrogen functional groups attached to an aromatic ring is 1. The van der Waals surface area contributed by atoms with Gasteiger partial charge in [-0.15, -0.1) is 0 Å². The molecule has 1 spiro atoms. The summed E-state index contributed by atoms with van der Waals surface area (Å²) in [6.07, 6.45) is 10.3. The molecule has 4 rings (SSSR count). The highest BCUT2D eigenvalue weighted by atomic mass is 35.5. The Labute approximate surface area is 201 Å². The maximum atomic E-state index is 12.0. The Hall–Kier alpha value is -1.42. The van der Waals surface area contributed by atoms with Crippen LogP contribution in [0.1, 0.15) is 52.4 Å². The third-order valence-corrected chi connectivity index (χ3v) is 9.87. The molecule has 2 aromatic heterocycles. The van der Waals surface area contributed by atoms with E-state index in [4.69, 9.17) is 22.5 Å². The number of piperidine rings is 1. The van der Waals surface area contributed by atoms with Gasteiger partial charge in [-0.3, -0.25) is 5.14 Å². The van der Waals surface area contributed by atoms with Crippen LogP contribution < -0.4 is 15.8 Å². The van der Waals surface area contributed by atoms with Gasteiger partial charge in [0.05, 0.1) is 26.8 Å². The van der Waals surface area contributed by atoms with E-state index in [-0.39, 0.29) is 4.75 Å². The summed E-state index contributed by atoms with van der Waals surface area (Å²) in [6.45, 7) is 5.91. The maximum absolute atomic E-state index is 12.0. The van der Waals surface area contributed by atoms with E-state index in [0.717, 1.165) is 43.1 Å². The second-order valence-corrected chi connectivity index (χ2v) is 12.6. The van der Waals surface area contributed by atoms with Crippen molar-refractivity contribution in [3.63, 3.8) is 0 Å². The SMILES string of the molecule is CC(C)(C[C@H]1CCCC12CCN(c1cnc(Sc3cccnc3Cl)c(N)n1)CC2)S(N)=O. The molecule has 1 saturated carbocycles. The third-order valence-electron chi connectivity index (χ3n) is 7.14. The molecule has 7 nitrogen and oxygen atoms in total. The van der Waals surface area contributed by atoms with Gasteiger partial charge in [0.15, 0.2) is 5.82 Å². The molecular formula is C22H31ClN6OS2. The van der Waals surface area contributed by atoms with Gasteiger partial charge in [0.25, 0.3) is 0 Å². The average molecular weight is 495 g/mol. The molecule has 1 saturated heterocycles. The molecule has 0 radical (unpaired) electrons. The lowest BCUT2D eigenvalue weighted by molar-refractivity contribution is 0.134. The van der Waals surface area contributed by atoms with Crippen LogP contribution >= 0.6 is 23.4 Å². The van der Waals surface area contributed by atoms with E-state index < -0.39 is 11.0 Å². The first kappa shape index (κ1) is 23.7. The van der Waals surface area contributed by atoms with Crippen LogP contribution in [-0.2, 0) is 11.0 Å². The van der Waals surface area contributed by atoms with Crippen LogP contribution in [0.15, 0.2) is 34.4 Å². The summed E-state index contributed by atoms with van der Waals surface area (Å²) in [5.41, 5.74) is 6.55. The van der Waals surface area contributed by atoms with Crippen LogP contribution in [0.3, 0.4) is 0 Å². The Bertz CT molecular complexity index is 996. The van der Waals surface area contributed by atoms with Crippen LogP contribution in [0.4, 0.5) is 11.6 Å². The van der Waals surface area contributed by atoms with Gasteiger partial charge in [-0.1, -0.05) is 29.8 Å². The number of nitrogens with two attached hydrogens (primary N) is 2. The maximum Gasteiger partial charge on any atom is 0.158 e. The first-order valence-electron chi connectivity index (χ1n) is 11.0. The number of anilines is 2. The number of hydrogen-bond donors (Lipinski definition) is 2. The van der Waals surface area contributed by atoms with Crippen molar-refractivity contribution in [1.82, 2.24) is 15.0 Å². The summed E-state index contributed by atoms with van der Waals surface area (Å²) in [6, 6.07) is 3.72. The highest BCUT2D eigenvalue weighted by Crippen LogP contribution is 2.53. The molecule has 32 heavy (non-hydrogen) atoms. The van der Waals surface area contributed by atoms with Crippen molar-refractivity contribution < 1.29 is 4.21 Å². The summed E-state index contributed by atoms with van der Waals surface area (Å²) in [7, 11) is -1.31. The summed E-state index contributed by atoms with van der Waals surface area (Å²) in [5.74, 6) is 1.79. The first-order valence-corrected chi connectivity index (χ1v) is 13.4. The van der Waals surface area contributed by atoms with Gasteiger partial charge in [-0.25, -0.2) is 19.2 Å². The molecule has 4 N–H and O–H groups in total. The standard InChI is InChI=1S/C22H31ClN6OS2/c1-21(2,32(25)30)13-15-5-3-7-22(15)8-11-29(12-9-22)17-14-27-20(19(24)28-17)31-16-6-4-10-26-18(16)23/h4,6,10,14-15H,3,5,7-9,11-13,25H2,1-2H3,(H2,24,28)/t15-,32?/m1/s1. The van der Waals surface area contributed by atoms with E-state index in [1.54, 1.807) is 12.4 Å². The lowest BCUT2D eigenvalue weighted by Gasteiger charge is -2.45. The minimum absolute atomic E-state index is 0.318. The fourth-order valence-electron chi connectivity index (χ4n) is 5.21. The zero-order chi connectivity index (χ0) is 22.9. The molecule has 3 heterocycles. The Morgan fingerprint density at radius 3 is 2.72 bits per heavy atom. The molecule has 0 aromatic carbocycles. The van der Waals surface area contributed by atoms with Crippen molar-refractivity contribution >= 4 is 46.0 Å². The molecule has 2 fully saturated rings. The first-order chi connectivity index (χ1) is 15.2. The fraction of sp³-hybridized carbons (Fsp3) is 0.591. The molecule has 10 heteroatoms. The number of aromatic nitrogens is 3. The second kappa shape index (κ2) is 9.44. The van der Waals surface area contributed by atoms with Crippen LogP contribution in [0.2, 0.25) is 5.15 Å². The van der Waals surface area contributed by atoms with Crippen molar-refractivity contribution in [3.05, 3.63) is 29.7 Å². The van der Waals surface area contributed by atoms with E-state index in [9.17, 15) is 4.21 Å². The summed E-state index contributed by atoms with van der Waals surface area (Å²) in [5, 5.41) is 6.83. The molecule has 0 bridgehead atoms. The Kier molecular flexibility index (Phi) is 7.00. The molecule has 0 amide bonds. The van der Waals surface area contributed by atoms with Gasteiger partial charge in [0.2, 0.25) is 0 Å². The molecule has 2 aromatic rings. The van der Waals surface area contributed by atoms with Crippen LogP contribution in [0.25, 0.3) is 0 Å². The molecule has 1 aliphatic carbocycles. The van der Waals surface area contributed by atoms with Crippen molar-refractivity contribution in [2.75, 3.05) is 23.7 Å². The zero-order valence-electron chi connectivity index (χ0n) is 18.6. The summed E-state index contributed by atoms with van der Waals surface area (Å²) >= 11 is 7.53. The largest absolute Gasteiger partial charge is 0.381 e. The normalized spacial score (nSPS) is 21.8. The molecule has 2 atom stereocenters. The fourth-order valence-corrected chi connectivity index (χ4v) is 6.56. The van der Waals surface area contributed by atoms with Gasteiger partial charge in [0.1, 0.15) is 16.0 Å². The number of pyridine rings is 1. The smallest absolute Gasteiger partial charge is 0.158 e. The number of rotatable bonds is 6. The van der Waals surface area contributed by atoms with Gasteiger partial charge in [-0.2, -0.15) is 0 Å². The lowest BCUT2D eigenvalue weighted by atomic mass is 9.68. The minimum Gasteiger partial charge on any atom is -0.381 e. The minimum atomic E-state index is -1.31. The number of halogens is 1. The Morgan fingerprint density at radius 1 is 1.31 bits per heavy atom. The third kappa shape index (κ3) is 4.90. The molecule has 174 valence electrons. The number of hydrogen-bond acceptors (Lipinski definition) is 7. The van der Waals surface area contributed by atoms with Crippen LogP contribution in [0.5, 0.6) is 0 Å². The number of nitrogens with zero attached hydrogens (tertiary/aromatic N) is 4. The van der Waals surface area contributed by atoms with Crippen LogP contribution in [0, 0.1) is 11.3 Å². The lowest BCUT2D eigenvalue weighted by Crippen LogP contribution is -2.45.